The summed E-state index contributed by atoms with van der Waals surface area (Å²) in [6.45, 7) is 0. The van der Waals surface area contributed by atoms with E-state index in [4.69, 9.17) is 5.73 Å². The van der Waals surface area contributed by atoms with Gasteiger partial charge in [-0.2, -0.15) is 0 Å². The first kappa shape index (κ1) is 17.2. The number of nitrogens with two attached hydrogens (primary N) is 1. The van der Waals surface area contributed by atoms with Gasteiger partial charge in [-0.25, -0.2) is 14.0 Å². The summed E-state index contributed by atoms with van der Waals surface area (Å²) < 4.78 is 13.6. The Labute approximate surface area is 144 Å². The summed E-state index contributed by atoms with van der Waals surface area (Å²) in [5, 5.41) is 18.6. The lowest BCUT2D eigenvalue weighted by Crippen LogP contribution is -2.24. The largest absolute Gasteiger partial charge is 0.478 e. The van der Waals surface area contributed by atoms with Gasteiger partial charge >= 0.3 is 11.9 Å². The van der Waals surface area contributed by atoms with Crippen LogP contribution < -0.4 is 11.3 Å². The highest BCUT2D eigenvalue weighted by Gasteiger charge is 2.28. The summed E-state index contributed by atoms with van der Waals surface area (Å²) in [6.07, 6.45) is 0. The molecule has 0 radical (unpaired) electrons. The van der Waals surface area contributed by atoms with Crippen LogP contribution in [0.2, 0.25) is 0 Å². The number of nitrogen functional groups attached to an aromatic ring is 1. The number of hydrogen-bond donors (Lipinski definition) is 4. The molecule has 0 fully saturated rings. The molecule has 0 amide bonds. The topological polar surface area (TPSA) is 133 Å². The first-order valence-corrected chi connectivity index (χ1v) is 7.41. The third-order valence-electron chi connectivity index (χ3n) is 2.95. The van der Waals surface area contributed by atoms with E-state index in [1.807, 2.05) is 4.98 Å². The molecular weight excluding hydrogens is 443 g/mol. The van der Waals surface area contributed by atoms with Crippen molar-refractivity contribution < 1.29 is 24.2 Å². The zero-order chi connectivity index (χ0) is 17.5. The smallest absolute Gasteiger partial charge is 0.342 e. The average Bonchev–Trinajstić information content (AvgIpc) is 2.40. The van der Waals surface area contributed by atoms with Crippen molar-refractivity contribution in [1.82, 2.24) is 4.98 Å². The van der Waals surface area contributed by atoms with Gasteiger partial charge in [-0.15, -0.1) is 0 Å². The molecule has 2 aromatic rings. The van der Waals surface area contributed by atoms with Crippen LogP contribution in [0.1, 0.15) is 20.7 Å². The molecule has 2 rings (SSSR count). The molecule has 0 saturated heterocycles. The minimum absolute atomic E-state index is 0.00845. The van der Waals surface area contributed by atoms with E-state index in [1.165, 1.54) is 0 Å². The Kier molecular flexibility index (Phi) is 4.57. The zero-order valence-corrected chi connectivity index (χ0v) is 14.2. The maximum atomic E-state index is 13.5. The number of aromatic carboxylic acids is 2. The number of pyridine rings is 1. The number of benzene rings is 1. The molecule has 10 heteroatoms. The van der Waals surface area contributed by atoms with Crippen molar-refractivity contribution in [3.63, 3.8) is 0 Å². The average molecular weight is 450 g/mol. The molecular formula is C13H7Br2FN2O5. The predicted molar refractivity (Wildman–Crippen MR) is 86.2 cm³/mol. The quantitative estimate of drug-likeness (QED) is 0.532. The van der Waals surface area contributed by atoms with Crippen LogP contribution in [0.3, 0.4) is 0 Å². The molecule has 0 atom stereocenters. The second kappa shape index (κ2) is 6.13. The number of nitrogens with one attached hydrogen (secondary N) is 1. The van der Waals surface area contributed by atoms with Gasteiger partial charge in [0.1, 0.15) is 22.8 Å². The highest BCUT2D eigenvalue weighted by molar-refractivity contribution is 9.11. The fourth-order valence-electron chi connectivity index (χ4n) is 2.03. The van der Waals surface area contributed by atoms with Crippen molar-refractivity contribution in [3.8, 4) is 11.1 Å². The first-order valence-electron chi connectivity index (χ1n) is 5.82. The Hall–Kier alpha value is -2.20. The van der Waals surface area contributed by atoms with Crippen LogP contribution in [0.25, 0.3) is 11.1 Å². The number of carboxylic acids is 2. The van der Waals surface area contributed by atoms with Gasteiger partial charge in [0.05, 0.1) is 4.47 Å². The highest BCUT2D eigenvalue weighted by atomic mass is 79.9. The van der Waals surface area contributed by atoms with E-state index >= 15 is 0 Å². The van der Waals surface area contributed by atoms with Crippen molar-refractivity contribution >= 4 is 49.6 Å². The molecule has 7 nitrogen and oxygen atoms in total. The van der Waals surface area contributed by atoms with Crippen molar-refractivity contribution in [2.24, 2.45) is 0 Å². The second-order valence-corrected chi connectivity index (χ2v) is 6.06. The monoisotopic (exact) mass is 448 g/mol. The van der Waals surface area contributed by atoms with Gasteiger partial charge in [0.2, 0.25) is 0 Å². The SMILES string of the molecule is Nc1[nH]c(=O)c(C(=O)O)c(-c2cc(Br)c(F)cc2Br)c1C(=O)O. The number of carbonyl (C=O) groups is 2. The maximum absolute atomic E-state index is 13.5. The number of aromatic amines is 1. The molecule has 5 N–H and O–H groups in total. The molecule has 23 heavy (non-hydrogen) atoms. The summed E-state index contributed by atoms with van der Waals surface area (Å²) in [7, 11) is 0. The van der Waals surface area contributed by atoms with E-state index in [1.54, 1.807) is 0 Å². The van der Waals surface area contributed by atoms with E-state index in [9.17, 15) is 29.0 Å². The molecule has 0 aliphatic heterocycles. The molecule has 1 heterocycles. The molecule has 0 aliphatic rings. The number of H-pyrrole nitrogens is 1. The standard InChI is InChI=1S/C13H7Br2FN2O5/c14-4-2-6(16)5(15)1-3(4)7-8(12(20)21)10(17)18-11(19)9(7)13(22)23/h1-2H,(H,20,21)(H,22,23)(H3,17,18,19). The fraction of sp³-hybridized carbons (Fsp3) is 0. The first-order chi connectivity index (χ1) is 10.6. The Bertz CT molecular complexity index is 910. The highest BCUT2D eigenvalue weighted by Crippen LogP contribution is 2.37. The summed E-state index contributed by atoms with van der Waals surface area (Å²) in [4.78, 5) is 36.8. The van der Waals surface area contributed by atoms with E-state index in [0.717, 1.165) is 12.1 Å². The van der Waals surface area contributed by atoms with Gasteiger partial charge in [0, 0.05) is 10.0 Å². The number of hydrogen-bond acceptors (Lipinski definition) is 4. The number of anilines is 1. The van der Waals surface area contributed by atoms with Gasteiger partial charge in [-0.05, 0) is 33.6 Å². The van der Waals surface area contributed by atoms with E-state index in [-0.39, 0.29) is 14.5 Å². The van der Waals surface area contributed by atoms with Crippen LogP contribution in [-0.4, -0.2) is 27.1 Å². The zero-order valence-electron chi connectivity index (χ0n) is 11.0. The Morgan fingerprint density at radius 2 is 1.65 bits per heavy atom. The van der Waals surface area contributed by atoms with Crippen LogP contribution in [0, 0.1) is 5.82 Å². The molecule has 1 aromatic heterocycles. The van der Waals surface area contributed by atoms with Crippen LogP contribution in [0.5, 0.6) is 0 Å². The minimum atomic E-state index is -1.64. The second-order valence-electron chi connectivity index (χ2n) is 4.35. The Balaban J connectivity index is 3.06. The van der Waals surface area contributed by atoms with Crippen LogP contribution >= 0.6 is 31.9 Å². The molecule has 0 saturated carbocycles. The van der Waals surface area contributed by atoms with Crippen molar-refractivity contribution in [1.29, 1.82) is 0 Å². The summed E-state index contributed by atoms with van der Waals surface area (Å²) in [6, 6.07) is 2.17. The van der Waals surface area contributed by atoms with Crippen molar-refractivity contribution in [2.75, 3.05) is 5.73 Å². The molecule has 0 unspecified atom stereocenters. The molecule has 0 aliphatic carbocycles. The summed E-state index contributed by atoms with van der Waals surface area (Å²) in [5.41, 5.74) is 2.62. The minimum Gasteiger partial charge on any atom is -0.478 e. The normalized spacial score (nSPS) is 10.6. The summed E-state index contributed by atoms with van der Waals surface area (Å²) in [5.74, 6) is -4.35. The van der Waals surface area contributed by atoms with Crippen LogP contribution in [0.15, 0.2) is 25.9 Å². The van der Waals surface area contributed by atoms with Gasteiger partial charge in [0.25, 0.3) is 5.56 Å². The van der Waals surface area contributed by atoms with E-state index in [0.29, 0.717) is 0 Å². The fourth-order valence-corrected chi connectivity index (χ4v) is 2.89. The van der Waals surface area contributed by atoms with Gasteiger partial charge in [-0.3, -0.25) is 4.79 Å². The van der Waals surface area contributed by atoms with Gasteiger partial charge in [0.15, 0.2) is 0 Å². The predicted octanol–water partition coefficient (Wildman–Crippen LogP) is 2.68. The van der Waals surface area contributed by atoms with Crippen LogP contribution in [-0.2, 0) is 0 Å². The lowest BCUT2D eigenvalue weighted by molar-refractivity contribution is 0.0695. The van der Waals surface area contributed by atoms with Gasteiger partial charge < -0.3 is 20.9 Å². The lowest BCUT2D eigenvalue weighted by Gasteiger charge is -2.14. The van der Waals surface area contributed by atoms with Crippen molar-refractivity contribution in [2.45, 2.75) is 0 Å². The van der Waals surface area contributed by atoms with Gasteiger partial charge in [-0.1, -0.05) is 15.9 Å². The number of aromatic nitrogens is 1. The number of halogens is 3. The third-order valence-corrected chi connectivity index (χ3v) is 4.22. The molecule has 1 aromatic carbocycles. The van der Waals surface area contributed by atoms with E-state index < -0.39 is 45.8 Å². The molecule has 120 valence electrons. The third kappa shape index (κ3) is 2.99. The number of carboxylic acid groups (broad SMARTS) is 2. The van der Waals surface area contributed by atoms with Crippen molar-refractivity contribution in [3.05, 3.63) is 48.4 Å². The Morgan fingerprint density at radius 1 is 1.09 bits per heavy atom. The maximum Gasteiger partial charge on any atom is 0.342 e. The van der Waals surface area contributed by atoms with Crippen LogP contribution in [0.4, 0.5) is 10.2 Å². The Morgan fingerprint density at radius 3 is 2.17 bits per heavy atom. The van der Waals surface area contributed by atoms with E-state index in [2.05, 4.69) is 31.9 Å². The lowest BCUT2D eigenvalue weighted by atomic mass is 9.95. The molecule has 0 spiro atoms. The molecule has 0 bridgehead atoms. The number of rotatable bonds is 3. The summed E-state index contributed by atoms with van der Waals surface area (Å²) >= 11 is 5.96.